The lowest BCUT2D eigenvalue weighted by molar-refractivity contribution is -0.777. The second-order valence-corrected chi connectivity index (χ2v) is 5.80. The van der Waals surface area contributed by atoms with Crippen LogP contribution in [0.5, 0.6) is 0 Å². The third kappa shape index (κ3) is 13.1. The maximum atomic E-state index is 11.0. The van der Waals surface area contributed by atoms with Crippen molar-refractivity contribution in [2.45, 2.75) is 20.1 Å². The lowest BCUT2D eigenvalue weighted by atomic mass is 10.8. The molecule has 0 radical (unpaired) electrons. The molecule has 0 spiro atoms. The molecule has 0 heterocycles. The van der Waals surface area contributed by atoms with E-state index < -0.39 is 17.5 Å². The van der Waals surface area contributed by atoms with Crippen LogP contribution in [0.2, 0.25) is 0 Å². The molecule has 0 aliphatic carbocycles. The van der Waals surface area contributed by atoms with Crippen molar-refractivity contribution in [3.8, 4) is 0 Å². The van der Waals surface area contributed by atoms with Gasteiger partial charge in [0.25, 0.3) is 5.09 Å². The molecular weight excluding hydrogens is 314 g/mol. The zero-order valence-corrected chi connectivity index (χ0v) is 12.6. The van der Waals surface area contributed by atoms with Gasteiger partial charge in [-0.15, -0.1) is 10.1 Å². The molecule has 20 heavy (non-hydrogen) atoms. The van der Waals surface area contributed by atoms with Crippen LogP contribution < -0.4 is 0 Å². The summed E-state index contributed by atoms with van der Waals surface area (Å²) in [6, 6.07) is 0. The molecule has 0 aromatic heterocycles. The first-order valence-electron chi connectivity index (χ1n) is 5.44. The first-order chi connectivity index (χ1) is 9.41. The van der Waals surface area contributed by atoms with Gasteiger partial charge in [-0.25, -0.2) is 4.79 Å². The van der Waals surface area contributed by atoms with Crippen molar-refractivity contribution < 1.29 is 33.7 Å². The monoisotopic (exact) mass is 329 g/mol. The quantitative estimate of drug-likeness (QED) is 0.146. The van der Waals surface area contributed by atoms with E-state index in [1.165, 1.54) is 35.4 Å². The smallest absolute Gasteiger partial charge is 0.465 e. The number of ether oxygens (including phenoxy) is 3. The number of nitrogens with zero attached hydrogens (tertiary/aromatic N) is 1. The summed E-state index contributed by atoms with van der Waals surface area (Å²) in [5.41, 5.74) is 0. The van der Waals surface area contributed by atoms with E-state index in [1.54, 1.807) is 0 Å². The van der Waals surface area contributed by atoms with Crippen molar-refractivity contribution in [3.05, 3.63) is 10.1 Å². The normalized spacial score (nSPS) is 11.3. The molecule has 0 saturated heterocycles. The molecule has 0 aliphatic rings. The summed E-state index contributed by atoms with van der Waals surface area (Å²) in [5.74, 6) is 0.805. The summed E-state index contributed by atoms with van der Waals surface area (Å²) >= 11 is 0. The Kier molecular flexibility index (Phi) is 10.7. The van der Waals surface area contributed by atoms with Gasteiger partial charge in [0, 0.05) is 18.4 Å². The number of hydrogen-bond acceptors (Lipinski definition) is 10. The lowest BCUT2D eigenvalue weighted by Crippen LogP contribution is -2.22. The highest BCUT2D eigenvalue weighted by atomic mass is 33.1. The van der Waals surface area contributed by atoms with Gasteiger partial charge in [0.05, 0.1) is 0 Å². The minimum absolute atomic E-state index is 0.0925. The Labute approximate surface area is 123 Å². The first-order valence-corrected chi connectivity index (χ1v) is 7.93. The van der Waals surface area contributed by atoms with Crippen LogP contribution in [0.1, 0.15) is 13.8 Å². The molecule has 0 saturated carbocycles. The Morgan fingerprint density at radius 1 is 1.20 bits per heavy atom. The van der Waals surface area contributed by atoms with E-state index >= 15 is 0 Å². The molecular formula is C9H15NO8S2. The molecule has 0 unspecified atom stereocenters. The summed E-state index contributed by atoms with van der Waals surface area (Å²) in [7, 11) is 2.89. The fraction of sp³-hybridized carbons (Fsp3) is 0.778. The SMILES string of the molecule is CC(=O)OCCSSCCOC(=O)O[C@H](C)O[N+](=O)[O-]. The Hall–Kier alpha value is -1.36. The van der Waals surface area contributed by atoms with Gasteiger partial charge in [-0.3, -0.25) is 9.63 Å². The highest BCUT2D eigenvalue weighted by Crippen LogP contribution is 2.20. The molecule has 0 rings (SSSR count). The van der Waals surface area contributed by atoms with E-state index in [1.807, 2.05) is 0 Å². The lowest BCUT2D eigenvalue weighted by Gasteiger charge is -2.10. The number of hydrogen-bond donors (Lipinski definition) is 0. The van der Waals surface area contributed by atoms with Gasteiger partial charge in [-0.1, -0.05) is 21.6 Å². The zero-order chi connectivity index (χ0) is 15.4. The minimum atomic E-state index is -1.32. The molecule has 0 fully saturated rings. The van der Waals surface area contributed by atoms with Crippen molar-refractivity contribution in [2.24, 2.45) is 0 Å². The van der Waals surface area contributed by atoms with Crippen LogP contribution in [-0.2, 0) is 23.8 Å². The first kappa shape index (κ1) is 18.6. The molecule has 0 aliphatic heterocycles. The Balaban J connectivity index is 3.39. The van der Waals surface area contributed by atoms with Gasteiger partial charge in [-0.2, -0.15) is 0 Å². The van der Waals surface area contributed by atoms with Crippen molar-refractivity contribution in [3.63, 3.8) is 0 Å². The predicted octanol–water partition coefficient (Wildman–Crippen LogP) is 1.64. The van der Waals surface area contributed by atoms with E-state index in [0.29, 0.717) is 18.1 Å². The summed E-state index contributed by atoms with van der Waals surface area (Å²) in [6.45, 7) is 2.95. The molecule has 0 amide bonds. The van der Waals surface area contributed by atoms with E-state index in [4.69, 9.17) is 4.74 Å². The number of carbonyl (C=O) groups is 2. The van der Waals surface area contributed by atoms with E-state index in [0.717, 1.165) is 0 Å². The standard InChI is InChI=1S/C9H15NO8S2/c1-7(11)15-3-5-19-20-6-4-16-9(12)17-8(2)18-10(13)14/h8H,3-6H2,1-2H3/t8-/m0/s1. The highest BCUT2D eigenvalue weighted by molar-refractivity contribution is 8.76. The van der Waals surface area contributed by atoms with E-state index in [2.05, 4.69) is 14.3 Å². The molecule has 11 heteroatoms. The highest BCUT2D eigenvalue weighted by Gasteiger charge is 2.13. The fourth-order valence-corrected chi connectivity index (χ4v) is 2.46. The van der Waals surface area contributed by atoms with Crippen LogP contribution >= 0.6 is 21.6 Å². The third-order valence-corrected chi connectivity index (χ3v) is 3.77. The molecule has 116 valence electrons. The fourth-order valence-electron chi connectivity index (χ4n) is 0.809. The van der Waals surface area contributed by atoms with Crippen LogP contribution in [0.15, 0.2) is 0 Å². The van der Waals surface area contributed by atoms with Gasteiger partial charge in [0.2, 0.25) is 6.29 Å². The molecule has 0 aromatic rings. The Morgan fingerprint density at radius 2 is 1.75 bits per heavy atom. The average molecular weight is 329 g/mol. The van der Waals surface area contributed by atoms with Crippen LogP contribution in [0.4, 0.5) is 4.79 Å². The Morgan fingerprint density at radius 3 is 2.25 bits per heavy atom. The number of carbonyl (C=O) groups excluding carboxylic acids is 2. The second-order valence-electron chi connectivity index (χ2n) is 3.10. The third-order valence-electron chi connectivity index (χ3n) is 1.44. The molecule has 0 aromatic carbocycles. The van der Waals surface area contributed by atoms with Gasteiger partial charge >= 0.3 is 12.1 Å². The summed E-state index contributed by atoms with van der Waals surface area (Å²) in [6.07, 6.45) is -2.35. The summed E-state index contributed by atoms with van der Waals surface area (Å²) < 4.78 is 13.8. The van der Waals surface area contributed by atoms with E-state index in [9.17, 15) is 19.7 Å². The van der Waals surface area contributed by atoms with E-state index in [-0.39, 0.29) is 12.6 Å². The minimum Gasteiger partial charge on any atom is -0.465 e. The van der Waals surface area contributed by atoms with Gasteiger partial charge in [0.1, 0.15) is 13.2 Å². The Bertz CT molecular complexity index is 327. The van der Waals surface area contributed by atoms with Gasteiger partial charge < -0.3 is 14.2 Å². The summed E-state index contributed by atoms with van der Waals surface area (Å²) in [5, 5.41) is 8.87. The number of rotatable bonds is 10. The van der Waals surface area contributed by atoms with Crippen LogP contribution in [0, 0.1) is 10.1 Å². The van der Waals surface area contributed by atoms with Gasteiger partial charge in [-0.05, 0) is 6.92 Å². The molecule has 0 bridgehead atoms. The van der Waals surface area contributed by atoms with Gasteiger partial charge in [0.15, 0.2) is 0 Å². The predicted molar refractivity (Wildman–Crippen MR) is 71.5 cm³/mol. The van der Waals surface area contributed by atoms with Crippen molar-refractivity contribution >= 4 is 33.7 Å². The second kappa shape index (κ2) is 11.5. The van der Waals surface area contributed by atoms with Crippen LogP contribution in [0.3, 0.4) is 0 Å². The van der Waals surface area contributed by atoms with Crippen LogP contribution in [0.25, 0.3) is 0 Å². The maximum absolute atomic E-state index is 11.0. The van der Waals surface area contributed by atoms with Crippen molar-refractivity contribution in [1.82, 2.24) is 0 Å². The maximum Gasteiger partial charge on any atom is 0.510 e. The molecule has 0 N–H and O–H groups in total. The average Bonchev–Trinajstić information content (AvgIpc) is 2.30. The largest absolute Gasteiger partial charge is 0.510 e. The topological polar surface area (TPSA) is 114 Å². The van der Waals surface area contributed by atoms with Crippen molar-refractivity contribution in [2.75, 3.05) is 24.7 Å². The van der Waals surface area contributed by atoms with Crippen LogP contribution in [-0.4, -0.2) is 48.2 Å². The van der Waals surface area contributed by atoms with Crippen molar-refractivity contribution in [1.29, 1.82) is 0 Å². The molecule has 1 atom stereocenters. The number of esters is 1. The molecule has 9 nitrogen and oxygen atoms in total. The zero-order valence-electron chi connectivity index (χ0n) is 10.9. The summed E-state index contributed by atoms with van der Waals surface area (Å²) in [4.78, 5) is 35.4.